The second kappa shape index (κ2) is 6.19. The van der Waals surface area contributed by atoms with Crippen LogP contribution in [-0.2, 0) is 12.7 Å². The van der Waals surface area contributed by atoms with Crippen molar-refractivity contribution in [2.45, 2.75) is 33.5 Å². The zero-order valence-electron chi connectivity index (χ0n) is 11.3. The van der Waals surface area contributed by atoms with E-state index in [1.54, 1.807) is 6.92 Å². The van der Waals surface area contributed by atoms with E-state index in [1.165, 1.54) is 10.6 Å². The lowest BCUT2D eigenvalue weighted by atomic mass is 10.1. The minimum absolute atomic E-state index is 0.175. The molecule has 1 aromatic heterocycles. The maximum atomic E-state index is 12.6. The van der Waals surface area contributed by atoms with Crippen LogP contribution in [0.3, 0.4) is 0 Å². The summed E-state index contributed by atoms with van der Waals surface area (Å²) in [6.45, 7) is 6.16. The number of fused-ring (bicyclic) bond motifs is 1. The van der Waals surface area contributed by atoms with Gasteiger partial charge in [-0.25, -0.2) is 0 Å². The van der Waals surface area contributed by atoms with Crippen LogP contribution in [0.25, 0.3) is 10.9 Å². The molecule has 108 valence electrons. The summed E-state index contributed by atoms with van der Waals surface area (Å²) in [5.74, 6) is 0. The molecule has 0 amide bonds. The lowest BCUT2D eigenvalue weighted by molar-refractivity contribution is -0.137. The Labute approximate surface area is 120 Å². The maximum Gasteiger partial charge on any atom is 0.416 e. The van der Waals surface area contributed by atoms with E-state index in [0.717, 1.165) is 12.1 Å². The summed E-state index contributed by atoms with van der Waals surface area (Å²) in [5.41, 5.74) is -0.209. The predicted octanol–water partition coefficient (Wildman–Crippen LogP) is 5.23. The molecule has 6 heteroatoms. The normalized spacial score (nSPS) is 10.9. The van der Waals surface area contributed by atoms with E-state index in [1.807, 2.05) is 19.9 Å². The topological polar surface area (TPSA) is 28.7 Å². The van der Waals surface area contributed by atoms with Crippen molar-refractivity contribution in [2.75, 3.05) is 0 Å². The van der Waals surface area contributed by atoms with Crippen molar-refractivity contribution < 1.29 is 13.2 Å². The van der Waals surface area contributed by atoms with Crippen LogP contribution in [0.1, 0.15) is 31.9 Å². The Hall–Kier alpha value is -1.67. The average molecular weight is 303 g/mol. The lowest BCUT2D eigenvalue weighted by Gasteiger charge is -2.08. The molecule has 0 unspecified atom stereocenters. The predicted molar refractivity (Wildman–Crippen MR) is 73.7 cm³/mol. The molecular formula is C14H14ClF3N2. The quantitative estimate of drug-likeness (QED) is 0.709. The smallest absolute Gasteiger partial charge is 0.331 e. The van der Waals surface area contributed by atoms with E-state index >= 15 is 0 Å². The average Bonchev–Trinajstić information content (AvgIpc) is 2.70. The summed E-state index contributed by atoms with van der Waals surface area (Å²) in [6, 6.07) is 5.18. The number of hydrogen-bond acceptors (Lipinski definition) is 1. The van der Waals surface area contributed by atoms with Crippen LogP contribution in [0.15, 0.2) is 18.2 Å². The summed E-state index contributed by atoms with van der Waals surface area (Å²) in [6.07, 6.45) is -4.41. The Balaban J connectivity index is 0.000000956. The van der Waals surface area contributed by atoms with Gasteiger partial charge in [-0.05, 0) is 19.1 Å². The molecule has 0 aliphatic carbocycles. The lowest BCUT2D eigenvalue weighted by Crippen LogP contribution is -2.05. The molecule has 2 nitrogen and oxygen atoms in total. The molecule has 0 saturated carbocycles. The van der Waals surface area contributed by atoms with E-state index in [2.05, 4.69) is 0 Å². The summed E-state index contributed by atoms with van der Waals surface area (Å²) in [5, 5.41) is 9.60. The van der Waals surface area contributed by atoms with Gasteiger partial charge in [-0.15, -0.1) is 0 Å². The van der Waals surface area contributed by atoms with E-state index in [-0.39, 0.29) is 10.7 Å². The van der Waals surface area contributed by atoms with Gasteiger partial charge >= 0.3 is 6.18 Å². The number of aromatic nitrogens is 1. The van der Waals surface area contributed by atoms with Gasteiger partial charge in [0.15, 0.2) is 0 Å². The monoisotopic (exact) mass is 302 g/mol. The molecule has 0 spiro atoms. The Kier molecular flexibility index (Phi) is 5.07. The van der Waals surface area contributed by atoms with Crippen molar-refractivity contribution in [2.24, 2.45) is 0 Å². The fourth-order valence-electron chi connectivity index (χ4n) is 1.91. The first-order valence-electron chi connectivity index (χ1n) is 6.19. The fourth-order valence-corrected chi connectivity index (χ4v) is 2.26. The summed E-state index contributed by atoms with van der Waals surface area (Å²) in [7, 11) is 0. The van der Waals surface area contributed by atoms with Crippen molar-refractivity contribution in [1.29, 1.82) is 5.26 Å². The Morgan fingerprint density at radius 2 is 1.90 bits per heavy atom. The molecule has 0 aliphatic heterocycles. The standard InChI is InChI=1S/C12H8ClF3N2.C2H6/c1-2-18-10-5-7(12(14,15)16)3-4-8(10)9(6-17)11(18)13;1-2/h3-5H,2H2,1H3;1-2H3. The minimum atomic E-state index is -4.41. The van der Waals surface area contributed by atoms with Gasteiger partial charge in [0.1, 0.15) is 11.2 Å². The number of nitriles is 1. The molecule has 0 fully saturated rings. The van der Waals surface area contributed by atoms with Crippen LogP contribution in [-0.4, -0.2) is 4.57 Å². The van der Waals surface area contributed by atoms with Gasteiger partial charge < -0.3 is 4.57 Å². The Morgan fingerprint density at radius 1 is 1.30 bits per heavy atom. The van der Waals surface area contributed by atoms with Crippen molar-refractivity contribution in [3.05, 3.63) is 34.5 Å². The Bertz CT molecular complexity index is 651. The molecule has 2 rings (SSSR count). The molecule has 20 heavy (non-hydrogen) atoms. The molecule has 0 atom stereocenters. The van der Waals surface area contributed by atoms with E-state index in [9.17, 15) is 13.2 Å². The fraction of sp³-hybridized carbons (Fsp3) is 0.357. The number of benzene rings is 1. The molecule has 0 bridgehead atoms. The first kappa shape index (κ1) is 16.4. The van der Waals surface area contributed by atoms with Crippen LogP contribution in [0.5, 0.6) is 0 Å². The highest BCUT2D eigenvalue weighted by Crippen LogP contribution is 2.35. The summed E-state index contributed by atoms with van der Waals surface area (Å²) in [4.78, 5) is 0. The van der Waals surface area contributed by atoms with Crippen LogP contribution >= 0.6 is 11.6 Å². The first-order chi connectivity index (χ1) is 9.40. The third-order valence-corrected chi connectivity index (χ3v) is 3.15. The van der Waals surface area contributed by atoms with Crippen molar-refractivity contribution >= 4 is 22.5 Å². The van der Waals surface area contributed by atoms with Gasteiger partial charge in [-0.1, -0.05) is 31.5 Å². The van der Waals surface area contributed by atoms with Gasteiger partial charge in [-0.3, -0.25) is 0 Å². The molecule has 0 N–H and O–H groups in total. The molecule has 0 saturated heterocycles. The summed E-state index contributed by atoms with van der Waals surface area (Å²) < 4.78 is 39.4. The van der Waals surface area contributed by atoms with Gasteiger partial charge in [-0.2, -0.15) is 18.4 Å². The molecule has 1 aromatic carbocycles. The molecule has 0 aliphatic rings. The van der Waals surface area contributed by atoms with Gasteiger partial charge in [0.25, 0.3) is 0 Å². The number of aryl methyl sites for hydroxylation is 1. The second-order valence-corrected chi connectivity index (χ2v) is 4.11. The number of hydrogen-bond donors (Lipinski definition) is 0. The van der Waals surface area contributed by atoms with Crippen molar-refractivity contribution in [3.8, 4) is 6.07 Å². The zero-order chi connectivity index (χ0) is 15.5. The number of rotatable bonds is 1. The van der Waals surface area contributed by atoms with E-state index in [0.29, 0.717) is 17.4 Å². The summed E-state index contributed by atoms with van der Waals surface area (Å²) >= 11 is 5.98. The third kappa shape index (κ3) is 2.75. The van der Waals surface area contributed by atoms with Gasteiger partial charge in [0.2, 0.25) is 0 Å². The second-order valence-electron chi connectivity index (χ2n) is 3.75. The molecule has 1 heterocycles. The molecule has 0 radical (unpaired) electrons. The number of alkyl halides is 3. The van der Waals surface area contributed by atoms with E-state index in [4.69, 9.17) is 16.9 Å². The Morgan fingerprint density at radius 3 is 2.35 bits per heavy atom. The molecular weight excluding hydrogens is 289 g/mol. The van der Waals surface area contributed by atoms with Gasteiger partial charge in [0.05, 0.1) is 16.6 Å². The maximum absolute atomic E-state index is 12.6. The molecule has 2 aromatic rings. The highest BCUT2D eigenvalue weighted by Gasteiger charge is 2.31. The third-order valence-electron chi connectivity index (χ3n) is 2.76. The number of nitrogens with zero attached hydrogens (tertiary/aromatic N) is 2. The van der Waals surface area contributed by atoms with Crippen LogP contribution in [0, 0.1) is 11.3 Å². The zero-order valence-corrected chi connectivity index (χ0v) is 12.1. The van der Waals surface area contributed by atoms with Crippen molar-refractivity contribution in [1.82, 2.24) is 4.57 Å². The van der Waals surface area contributed by atoms with Gasteiger partial charge in [0, 0.05) is 11.9 Å². The van der Waals surface area contributed by atoms with Crippen molar-refractivity contribution in [3.63, 3.8) is 0 Å². The SMILES string of the molecule is CC.CCn1c(Cl)c(C#N)c2ccc(C(F)(F)F)cc21. The van der Waals surface area contributed by atoms with Crippen LogP contribution in [0.4, 0.5) is 13.2 Å². The number of halogens is 4. The largest absolute Gasteiger partial charge is 0.416 e. The minimum Gasteiger partial charge on any atom is -0.331 e. The first-order valence-corrected chi connectivity index (χ1v) is 6.57. The van der Waals surface area contributed by atoms with Crippen LogP contribution in [0.2, 0.25) is 5.15 Å². The van der Waals surface area contributed by atoms with E-state index < -0.39 is 11.7 Å². The highest BCUT2D eigenvalue weighted by atomic mass is 35.5. The van der Waals surface area contributed by atoms with Crippen LogP contribution < -0.4 is 0 Å². The highest BCUT2D eigenvalue weighted by molar-refractivity contribution is 6.32.